The predicted octanol–water partition coefficient (Wildman–Crippen LogP) is 1.02. The molecule has 0 spiro atoms. The first kappa shape index (κ1) is 12.8. The van der Waals surface area contributed by atoms with Gasteiger partial charge in [0.2, 0.25) is 0 Å². The summed E-state index contributed by atoms with van der Waals surface area (Å²) in [5.74, 6) is 2.08. The zero-order chi connectivity index (χ0) is 13.4. The van der Waals surface area contributed by atoms with E-state index in [1.807, 2.05) is 12.1 Å². The van der Waals surface area contributed by atoms with Gasteiger partial charge in [-0.05, 0) is 19.2 Å². The molecule has 19 heavy (non-hydrogen) atoms. The summed E-state index contributed by atoms with van der Waals surface area (Å²) < 4.78 is 5.49. The summed E-state index contributed by atoms with van der Waals surface area (Å²) in [5.41, 5.74) is 7.58. The zero-order valence-electron chi connectivity index (χ0n) is 11.7. The second-order valence-electron chi connectivity index (χ2n) is 5.90. The highest BCUT2D eigenvalue weighted by Crippen LogP contribution is 2.34. The Bertz CT molecular complexity index is 435. The van der Waals surface area contributed by atoms with Gasteiger partial charge < -0.3 is 20.3 Å². The van der Waals surface area contributed by atoms with Crippen LogP contribution in [0.25, 0.3) is 0 Å². The summed E-state index contributed by atoms with van der Waals surface area (Å²) in [7, 11) is 3.94. The Labute approximate surface area is 115 Å². The molecule has 2 fully saturated rings. The molecule has 0 amide bonds. The molecule has 2 aliphatic rings. The number of hydrogen-bond acceptors (Lipinski definition) is 4. The molecule has 1 aromatic rings. The summed E-state index contributed by atoms with van der Waals surface area (Å²) >= 11 is 0. The first-order valence-corrected chi connectivity index (χ1v) is 7.01. The lowest BCUT2D eigenvalue weighted by molar-refractivity contribution is 0.107. The summed E-state index contributed by atoms with van der Waals surface area (Å²) in [6, 6.07) is 8.63. The maximum absolute atomic E-state index is 6.37. The normalized spacial score (nSPS) is 31.3. The molecule has 104 valence electrons. The highest BCUT2D eigenvalue weighted by atomic mass is 16.5. The summed E-state index contributed by atoms with van der Waals surface area (Å²) in [6.07, 6.45) is 0. The van der Waals surface area contributed by atoms with Crippen molar-refractivity contribution in [2.75, 3.05) is 45.2 Å². The van der Waals surface area contributed by atoms with Crippen molar-refractivity contribution in [1.82, 2.24) is 4.90 Å². The van der Waals surface area contributed by atoms with Crippen LogP contribution in [0.15, 0.2) is 24.3 Å². The Morgan fingerprint density at radius 2 is 1.74 bits per heavy atom. The summed E-state index contributed by atoms with van der Waals surface area (Å²) in [6.45, 7) is 4.26. The van der Waals surface area contributed by atoms with Gasteiger partial charge in [-0.25, -0.2) is 0 Å². The molecular weight excluding hydrogens is 238 g/mol. The first-order valence-electron chi connectivity index (χ1n) is 7.01. The molecule has 2 unspecified atom stereocenters. The van der Waals surface area contributed by atoms with E-state index in [4.69, 9.17) is 10.5 Å². The Morgan fingerprint density at radius 3 is 2.37 bits per heavy atom. The number of piperidine rings is 2. The van der Waals surface area contributed by atoms with E-state index in [9.17, 15) is 0 Å². The molecule has 0 aliphatic carbocycles. The number of rotatable bonds is 2. The number of para-hydroxylation sites is 2. The molecular formula is C15H23N3O. The SMILES string of the molecule is COc1ccccc1N1CC2CN(C)CC(C1)C2N. The summed E-state index contributed by atoms with van der Waals surface area (Å²) in [5, 5.41) is 0. The van der Waals surface area contributed by atoms with E-state index in [-0.39, 0.29) is 0 Å². The van der Waals surface area contributed by atoms with Gasteiger partial charge in [0, 0.05) is 44.1 Å². The zero-order valence-corrected chi connectivity index (χ0v) is 11.7. The molecule has 1 aromatic carbocycles. The van der Waals surface area contributed by atoms with Crippen LogP contribution in [0.3, 0.4) is 0 Å². The van der Waals surface area contributed by atoms with E-state index in [2.05, 4.69) is 29.0 Å². The third-order valence-corrected chi connectivity index (χ3v) is 4.52. The van der Waals surface area contributed by atoms with Gasteiger partial charge in [0.25, 0.3) is 0 Å². The molecule has 2 atom stereocenters. The van der Waals surface area contributed by atoms with E-state index in [1.54, 1.807) is 7.11 Å². The second-order valence-corrected chi connectivity index (χ2v) is 5.90. The Hall–Kier alpha value is -1.26. The van der Waals surface area contributed by atoms with Crippen LogP contribution in [-0.2, 0) is 0 Å². The van der Waals surface area contributed by atoms with Crippen LogP contribution in [-0.4, -0.2) is 51.3 Å². The first-order chi connectivity index (χ1) is 9.19. The number of likely N-dealkylation sites (tertiary alicyclic amines) is 1. The molecule has 2 bridgehead atoms. The van der Waals surface area contributed by atoms with Crippen molar-refractivity contribution in [2.45, 2.75) is 6.04 Å². The number of hydrogen-bond donors (Lipinski definition) is 1. The van der Waals surface area contributed by atoms with Crippen LogP contribution in [0, 0.1) is 11.8 Å². The topological polar surface area (TPSA) is 41.7 Å². The van der Waals surface area contributed by atoms with E-state index >= 15 is 0 Å². The number of fused-ring (bicyclic) bond motifs is 2. The molecule has 4 nitrogen and oxygen atoms in total. The van der Waals surface area contributed by atoms with Crippen LogP contribution >= 0.6 is 0 Å². The quantitative estimate of drug-likeness (QED) is 0.863. The van der Waals surface area contributed by atoms with Crippen LogP contribution in [0.5, 0.6) is 5.75 Å². The fraction of sp³-hybridized carbons (Fsp3) is 0.600. The predicted molar refractivity (Wildman–Crippen MR) is 77.7 cm³/mol. The second kappa shape index (κ2) is 5.02. The maximum Gasteiger partial charge on any atom is 0.142 e. The van der Waals surface area contributed by atoms with Gasteiger partial charge in [0.1, 0.15) is 5.75 Å². The van der Waals surface area contributed by atoms with Gasteiger partial charge in [-0.15, -0.1) is 0 Å². The van der Waals surface area contributed by atoms with Crippen molar-refractivity contribution in [3.8, 4) is 5.75 Å². The van der Waals surface area contributed by atoms with Crippen molar-refractivity contribution in [3.63, 3.8) is 0 Å². The number of ether oxygens (including phenoxy) is 1. The highest BCUT2D eigenvalue weighted by molar-refractivity contribution is 5.59. The third-order valence-electron chi connectivity index (χ3n) is 4.52. The molecule has 0 aromatic heterocycles. The number of nitrogens with two attached hydrogens (primary N) is 1. The van der Waals surface area contributed by atoms with Crippen molar-refractivity contribution in [1.29, 1.82) is 0 Å². The highest BCUT2D eigenvalue weighted by Gasteiger charge is 2.39. The Kier molecular flexibility index (Phi) is 3.37. The lowest BCUT2D eigenvalue weighted by Crippen LogP contribution is -2.62. The molecule has 2 aliphatic heterocycles. The number of benzene rings is 1. The van der Waals surface area contributed by atoms with Crippen molar-refractivity contribution in [2.24, 2.45) is 17.6 Å². The number of methoxy groups -OCH3 is 1. The monoisotopic (exact) mass is 261 g/mol. The summed E-state index contributed by atoms with van der Waals surface area (Å²) in [4.78, 5) is 4.86. The molecule has 0 radical (unpaired) electrons. The lowest BCUT2D eigenvalue weighted by atomic mass is 9.80. The van der Waals surface area contributed by atoms with Gasteiger partial charge in [-0.2, -0.15) is 0 Å². The standard InChI is InChI=1S/C15H23N3O/c1-17-7-11-9-18(10-12(8-17)15(11)16)13-5-3-4-6-14(13)19-2/h3-6,11-12,15H,7-10,16H2,1-2H3. The van der Waals surface area contributed by atoms with Gasteiger partial charge in [0.15, 0.2) is 0 Å². The van der Waals surface area contributed by atoms with E-state index in [0.29, 0.717) is 17.9 Å². The maximum atomic E-state index is 6.37. The average Bonchev–Trinajstić information content (AvgIpc) is 2.40. The fourth-order valence-electron chi connectivity index (χ4n) is 3.59. The molecule has 2 heterocycles. The smallest absolute Gasteiger partial charge is 0.142 e. The van der Waals surface area contributed by atoms with Crippen molar-refractivity contribution in [3.05, 3.63) is 24.3 Å². The largest absolute Gasteiger partial charge is 0.495 e. The number of anilines is 1. The molecule has 3 rings (SSSR count). The number of nitrogens with zero attached hydrogens (tertiary/aromatic N) is 2. The Morgan fingerprint density at radius 1 is 1.11 bits per heavy atom. The average molecular weight is 261 g/mol. The van der Waals surface area contributed by atoms with Gasteiger partial charge >= 0.3 is 0 Å². The van der Waals surface area contributed by atoms with Gasteiger partial charge in [-0.1, -0.05) is 12.1 Å². The van der Waals surface area contributed by atoms with E-state index in [1.165, 1.54) is 5.69 Å². The van der Waals surface area contributed by atoms with Gasteiger partial charge in [0.05, 0.1) is 12.8 Å². The van der Waals surface area contributed by atoms with Crippen LogP contribution in [0.4, 0.5) is 5.69 Å². The fourth-order valence-corrected chi connectivity index (χ4v) is 3.59. The Balaban J connectivity index is 1.84. The van der Waals surface area contributed by atoms with Crippen LogP contribution in [0.1, 0.15) is 0 Å². The third kappa shape index (κ3) is 2.30. The molecule has 0 saturated carbocycles. The molecule has 2 N–H and O–H groups in total. The molecule has 4 heteroatoms. The van der Waals surface area contributed by atoms with Crippen LogP contribution in [0.2, 0.25) is 0 Å². The van der Waals surface area contributed by atoms with Crippen molar-refractivity contribution >= 4 is 5.69 Å². The minimum Gasteiger partial charge on any atom is -0.495 e. The minimum absolute atomic E-state index is 0.349. The van der Waals surface area contributed by atoms with E-state index in [0.717, 1.165) is 31.9 Å². The van der Waals surface area contributed by atoms with Crippen molar-refractivity contribution < 1.29 is 4.74 Å². The lowest BCUT2D eigenvalue weighted by Gasteiger charge is -2.49. The van der Waals surface area contributed by atoms with E-state index < -0.39 is 0 Å². The minimum atomic E-state index is 0.349. The van der Waals surface area contributed by atoms with Crippen LogP contribution < -0.4 is 15.4 Å². The molecule has 2 saturated heterocycles. The van der Waals surface area contributed by atoms with Gasteiger partial charge in [-0.3, -0.25) is 0 Å².